The maximum absolute atomic E-state index is 13.8. The Balaban J connectivity index is 0.791. The number of aliphatic imine (C=N–C) groups is 2. The first-order valence-corrected chi connectivity index (χ1v) is 32.6. The molecule has 4 amide bonds. The lowest BCUT2D eigenvalue weighted by atomic mass is 10.1. The lowest BCUT2D eigenvalue weighted by molar-refractivity contribution is -0.142. The van der Waals surface area contributed by atoms with E-state index in [1.54, 1.807) is 24.3 Å². The minimum absolute atomic E-state index is 0.0152. The Morgan fingerprint density at radius 2 is 1.15 bits per heavy atom. The van der Waals surface area contributed by atoms with Crippen LogP contribution < -0.4 is 29.0 Å². The Morgan fingerprint density at radius 1 is 0.632 bits per heavy atom. The largest absolute Gasteiger partial charge is 0.493 e. The molecule has 2 atom stereocenters. The molecule has 8 rings (SSSR count). The van der Waals surface area contributed by atoms with E-state index in [0.717, 1.165) is 25.0 Å². The number of pyridine rings is 1. The number of hydrogen-bond acceptors (Lipinski definition) is 19. The van der Waals surface area contributed by atoms with E-state index >= 15 is 0 Å². The van der Waals surface area contributed by atoms with Gasteiger partial charge in [-0.2, -0.15) is 0 Å². The summed E-state index contributed by atoms with van der Waals surface area (Å²) in [6.07, 6.45) is 14.9. The molecule has 23 nitrogen and oxygen atoms in total. The van der Waals surface area contributed by atoms with Crippen LogP contribution in [0.4, 0.5) is 11.4 Å². The maximum Gasteiger partial charge on any atom is 0.307 e. The number of carbonyl (C=O) groups is 5. The molecule has 0 aliphatic carbocycles. The van der Waals surface area contributed by atoms with Gasteiger partial charge in [0, 0.05) is 95.5 Å². The molecule has 5 aliphatic heterocycles. The van der Waals surface area contributed by atoms with Gasteiger partial charge in [0.2, 0.25) is 11.8 Å². The average Bonchev–Trinajstić information content (AvgIpc) is 1.92. The second-order valence-corrected chi connectivity index (χ2v) is 26.4. The van der Waals surface area contributed by atoms with Crippen molar-refractivity contribution in [3.8, 4) is 28.7 Å². The first kappa shape index (κ1) is 65.9. The van der Waals surface area contributed by atoms with Crippen molar-refractivity contribution in [3.05, 3.63) is 82.2 Å². The van der Waals surface area contributed by atoms with Crippen molar-refractivity contribution in [1.29, 1.82) is 0 Å². The molecule has 474 valence electrons. The summed E-state index contributed by atoms with van der Waals surface area (Å²) in [5.41, 5.74) is 5.33. The van der Waals surface area contributed by atoms with Crippen molar-refractivity contribution in [2.24, 2.45) is 9.98 Å². The third kappa shape index (κ3) is 19.0. The third-order valence-electron chi connectivity index (χ3n) is 15.7. The normalized spacial score (nSPS) is 18.4. The summed E-state index contributed by atoms with van der Waals surface area (Å²) in [5.74, 6) is 2.91. The van der Waals surface area contributed by atoms with Crippen LogP contribution in [0.3, 0.4) is 0 Å². The van der Waals surface area contributed by atoms with E-state index in [4.69, 9.17) is 57.6 Å². The fourth-order valence-corrected chi connectivity index (χ4v) is 12.6. The van der Waals surface area contributed by atoms with E-state index in [-0.39, 0.29) is 61.3 Å². The van der Waals surface area contributed by atoms with Crippen LogP contribution in [0.2, 0.25) is 0 Å². The van der Waals surface area contributed by atoms with Crippen molar-refractivity contribution < 1.29 is 71.3 Å². The van der Waals surface area contributed by atoms with Crippen LogP contribution in [0.1, 0.15) is 78.1 Å². The number of benzene rings is 2. The smallest absolute Gasteiger partial charge is 0.307 e. The molecule has 3 aromatic rings. The number of nitrogens with one attached hydrogen (secondary N) is 1. The minimum atomic E-state index is -1.25. The van der Waals surface area contributed by atoms with Crippen molar-refractivity contribution >= 4 is 63.4 Å². The number of carbonyl (C=O) groups excluding carboxylic acids is 5. The molecule has 3 saturated heterocycles. The van der Waals surface area contributed by atoms with Crippen molar-refractivity contribution in [3.63, 3.8) is 0 Å². The number of nitrogens with zero attached hydrogens (tertiary/aromatic N) is 7. The van der Waals surface area contributed by atoms with Crippen LogP contribution in [0.5, 0.6) is 28.7 Å². The summed E-state index contributed by atoms with van der Waals surface area (Å²) in [4.78, 5) is 87.1. The quantitative estimate of drug-likeness (QED) is 0.0410. The summed E-state index contributed by atoms with van der Waals surface area (Å²) in [6.45, 7) is 12.2. The highest BCUT2D eigenvalue weighted by atomic mass is 32.3. The fraction of sp³-hybridized carbons (Fsp3) is 0.556. The van der Waals surface area contributed by atoms with Gasteiger partial charge in [-0.1, -0.05) is 23.3 Å². The number of allylic oxidation sites excluding steroid dienone is 2. The van der Waals surface area contributed by atoms with Gasteiger partial charge in [0.15, 0.2) is 23.0 Å². The zero-order chi connectivity index (χ0) is 61.7. The van der Waals surface area contributed by atoms with Gasteiger partial charge in [-0.25, -0.2) is 10.0 Å². The Hall–Kier alpha value is -7.09. The number of piperazine rings is 1. The number of ether oxygens (including phenoxy) is 10. The highest BCUT2D eigenvalue weighted by molar-refractivity contribution is 8.33. The number of hydrogen-bond donors (Lipinski definition) is 1. The van der Waals surface area contributed by atoms with Crippen molar-refractivity contribution in [2.75, 3.05) is 157 Å². The van der Waals surface area contributed by atoms with Gasteiger partial charge in [-0.05, 0) is 63.5 Å². The Morgan fingerprint density at radius 3 is 1.66 bits per heavy atom. The number of fused-ring (bicyclic) bond motifs is 4. The van der Waals surface area contributed by atoms with E-state index in [0.29, 0.717) is 187 Å². The molecule has 2 aromatic carbocycles. The van der Waals surface area contributed by atoms with Gasteiger partial charge in [0.05, 0.1) is 132 Å². The summed E-state index contributed by atoms with van der Waals surface area (Å²) in [7, 11) is 3.16. The number of methoxy groups -OCH3 is 3. The van der Waals surface area contributed by atoms with Crippen LogP contribution >= 0.6 is 10.0 Å². The van der Waals surface area contributed by atoms with Crippen LogP contribution in [0.15, 0.2) is 69.7 Å². The van der Waals surface area contributed by atoms with Gasteiger partial charge in [-0.15, -0.1) is 0 Å². The molecular formula is C63H86N8O15S. The van der Waals surface area contributed by atoms with Crippen LogP contribution in [0.25, 0.3) is 0 Å². The average molecular weight is 1230 g/mol. The monoisotopic (exact) mass is 1230 g/mol. The molecule has 0 bridgehead atoms. The predicted octanol–water partition coefficient (Wildman–Crippen LogP) is 6.12. The standard InChI is InChI=1S/C63H86N8O15S/c1-8-44-29-48-37-65-53-35-57(55(77-3)33-51(53)62(75)70(48)39-44)85-41-46-31-50(32-47(67-46)42-86-58-36-54-52(34-56(58)78-4)63(76)71-40-45(9-2)30-49(71)38-66-54)84-21-18-68-14-16-69(17-15-68)60(73)11-10-28-87(6,7)43-59(72)64-13-20-81-23-25-83-27-26-82-24-22-80-19-12-61(74)79-5/h8-9,31-38,48-49H,10-30,39-43H2,1-7H3,(H,64,72)/t48-,49-/m0/s1. The lowest BCUT2D eigenvalue weighted by Crippen LogP contribution is -2.49. The molecule has 3 fully saturated rings. The van der Waals surface area contributed by atoms with Crippen LogP contribution in [0, 0.1) is 0 Å². The number of aromatic nitrogens is 1. The van der Waals surface area contributed by atoms with E-state index in [2.05, 4.69) is 39.6 Å². The van der Waals surface area contributed by atoms with Gasteiger partial charge >= 0.3 is 5.97 Å². The molecule has 87 heavy (non-hydrogen) atoms. The molecule has 6 heterocycles. The summed E-state index contributed by atoms with van der Waals surface area (Å²) in [6, 6.07) is 10.2. The first-order chi connectivity index (χ1) is 42.2. The van der Waals surface area contributed by atoms with Gasteiger partial charge in [0.1, 0.15) is 25.6 Å². The number of rotatable bonds is 33. The fourth-order valence-electron chi connectivity index (χ4n) is 10.7. The Bertz CT molecular complexity index is 2860. The minimum Gasteiger partial charge on any atom is -0.493 e. The van der Waals surface area contributed by atoms with Crippen LogP contribution in [-0.4, -0.2) is 236 Å². The maximum atomic E-state index is 13.8. The molecule has 0 saturated carbocycles. The third-order valence-corrected chi connectivity index (χ3v) is 18.1. The second-order valence-electron chi connectivity index (χ2n) is 22.2. The Labute approximate surface area is 512 Å². The van der Waals surface area contributed by atoms with Gasteiger partial charge in [-0.3, -0.25) is 43.8 Å². The van der Waals surface area contributed by atoms with Gasteiger partial charge in [0.25, 0.3) is 11.8 Å². The molecule has 0 unspecified atom stereocenters. The topological polar surface area (TPSA) is 240 Å². The SMILES string of the molecule is CC=C1C[C@H]2C=Nc3cc(OCc4cc(OCCN5CCN(C(=O)CCCS(C)(C)CC(=O)NCCOCCOCCOCCOCCC(=O)OC)CC5)cc(COc5cc6c(cc5OC)C(=O)N5CC(=CC)C[C@H]5C=N6)n4)c(OC)cc3C(=O)N2C1. The molecule has 5 aliphatic rings. The summed E-state index contributed by atoms with van der Waals surface area (Å²) in [5, 5.41) is 2.96. The molecular weight excluding hydrogens is 1140 g/mol. The van der Waals surface area contributed by atoms with E-state index in [1.807, 2.05) is 53.1 Å². The molecule has 24 heteroatoms. The van der Waals surface area contributed by atoms with Gasteiger partial charge < -0.3 is 67.4 Å². The highest BCUT2D eigenvalue weighted by Gasteiger charge is 2.36. The molecule has 0 radical (unpaired) electrons. The highest BCUT2D eigenvalue weighted by Crippen LogP contribution is 2.42. The van der Waals surface area contributed by atoms with E-state index in [1.165, 1.54) is 32.5 Å². The molecule has 0 spiro atoms. The first-order valence-electron chi connectivity index (χ1n) is 29.8. The Kier molecular flexibility index (Phi) is 24.8. The number of amides is 4. The molecule has 1 N–H and O–H groups in total. The van der Waals surface area contributed by atoms with Crippen molar-refractivity contribution in [2.45, 2.75) is 71.2 Å². The zero-order valence-corrected chi connectivity index (χ0v) is 52.3. The van der Waals surface area contributed by atoms with Crippen LogP contribution in [-0.2, 0) is 51.3 Å². The summed E-state index contributed by atoms with van der Waals surface area (Å²) < 4.78 is 57.2. The lowest BCUT2D eigenvalue weighted by Gasteiger charge is -2.35. The van der Waals surface area contributed by atoms with E-state index < -0.39 is 10.0 Å². The molecule has 1 aromatic heterocycles. The predicted molar refractivity (Wildman–Crippen MR) is 331 cm³/mol. The number of esters is 1. The van der Waals surface area contributed by atoms with E-state index in [9.17, 15) is 24.0 Å². The second kappa shape index (κ2) is 32.8. The summed E-state index contributed by atoms with van der Waals surface area (Å²) >= 11 is 0. The zero-order valence-electron chi connectivity index (χ0n) is 51.5. The van der Waals surface area contributed by atoms with Crippen molar-refractivity contribution in [1.82, 2.24) is 29.9 Å².